The van der Waals surface area contributed by atoms with Crippen LogP contribution in [0.2, 0.25) is 0 Å². The van der Waals surface area contributed by atoms with Gasteiger partial charge in [0.2, 0.25) is 10.0 Å². The molecule has 1 aromatic carbocycles. The summed E-state index contributed by atoms with van der Waals surface area (Å²) in [6, 6.07) is 9.73. The first-order valence-electron chi connectivity index (χ1n) is 9.40. The van der Waals surface area contributed by atoms with Gasteiger partial charge in [-0.3, -0.25) is 9.36 Å². The molecule has 3 heterocycles. The van der Waals surface area contributed by atoms with Crippen molar-refractivity contribution in [2.75, 3.05) is 18.4 Å². The molecule has 0 atom stereocenters. The van der Waals surface area contributed by atoms with Crippen molar-refractivity contribution >= 4 is 21.6 Å². The number of rotatable bonds is 5. The predicted molar refractivity (Wildman–Crippen MR) is 108 cm³/mol. The van der Waals surface area contributed by atoms with Gasteiger partial charge in [-0.05, 0) is 43.2 Å². The Morgan fingerprint density at radius 1 is 1.07 bits per heavy atom. The van der Waals surface area contributed by atoms with Gasteiger partial charge in [-0.1, -0.05) is 12.5 Å². The molecule has 1 N–H and O–H groups in total. The molecule has 9 heteroatoms. The SMILES string of the molecule is O=C(Nc1cccc(S(=O)(=O)N2CCCCC2)c1)c1ccc(-n2ccnc2)nc1. The Morgan fingerprint density at radius 2 is 1.90 bits per heavy atom. The number of benzene rings is 1. The molecule has 0 bridgehead atoms. The first kappa shape index (κ1) is 19.3. The zero-order valence-corrected chi connectivity index (χ0v) is 16.5. The average molecular weight is 411 g/mol. The number of aromatic nitrogens is 3. The largest absolute Gasteiger partial charge is 0.322 e. The zero-order chi connectivity index (χ0) is 20.3. The van der Waals surface area contributed by atoms with E-state index < -0.39 is 10.0 Å². The minimum Gasteiger partial charge on any atom is -0.322 e. The van der Waals surface area contributed by atoms with Gasteiger partial charge in [-0.2, -0.15) is 4.31 Å². The Hall–Kier alpha value is -3.04. The van der Waals surface area contributed by atoms with Crippen molar-refractivity contribution in [3.05, 3.63) is 66.9 Å². The van der Waals surface area contributed by atoms with E-state index in [2.05, 4.69) is 15.3 Å². The molecule has 0 aliphatic carbocycles. The van der Waals surface area contributed by atoms with E-state index >= 15 is 0 Å². The summed E-state index contributed by atoms with van der Waals surface area (Å²) in [5.74, 6) is 0.288. The Labute approximate surface area is 169 Å². The number of amides is 1. The normalized spacial score (nSPS) is 15.2. The third-order valence-corrected chi connectivity index (χ3v) is 6.72. The van der Waals surface area contributed by atoms with E-state index in [1.165, 1.54) is 16.6 Å². The Morgan fingerprint density at radius 3 is 2.59 bits per heavy atom. The second kappa shape index (κ2) is 8.14. The Kier molecular flexibility index (Phi) is 5.41. The molecule has 1 amide bonds. The second-order valence-electron chi connectivity index (χ2n) is 6.82. The highest BCUT2D eigenvalue weighted by Gasteiger charge is 2.26. The lowest BCUT2D eigenvalue weighted by atomic mass is 10.2. The van der Waals surface area contributed by atoms with E-state index in [0.717, 1.165) is 19.3 Å². The monoisotopic (exact) mass is 411 g/mol. The summed E-state index contributed by atoms with van der Waals surface area (Å²) in [4.78, 5) is 21.0. The van der Waals surface area contributed by atoms with Crippen LogP contribution in [0.3, 0.4) is 0 Å². The van der Waals surface area contributed by atoms with Gasteiger partial charge < -0.3 is 5.32 Å². The third-order valence-electron chi connectivity index (χ3n) is 4.82. The fourth-order valence-electron chi connectivity index (χ4n) is 3.26. The van der Waals surface area contributed by atoms with Gasteiger partial charge >= 0.3 is 0 Å². The molecular weight excluding hydrogens is 390 g/mol. The van der Waals surface area contributed by atoms with Crippen LogP contribution in [0.1, 0.15) is 29.6 Å². The number of nitrogens with one attached hydrogen (secondary N) is 1. The summed E-state index contributed by atoms with van der Waals surface area (Å²) in [7, 11) is -3.55. The van der Waals surface area contributed by atoms with Gasteiger partial charge in [0, 0.05) is 37.4 Å². The first-order chi connectivity index (χ1) is 14.0. The lowest BCUT2D eigenvalue weighted by molar-refractivity contribution is 0.102. The van der Waals surface area contributed by atoms with E-state index in [4.69, 9.17) is 0 Å². The van der Waals surface area contributed by atoms with Gasteiger partial charge in [-0.15, -0.1) is 0 Å². The van der Waals surface area contributed by atoms with Gasteiger partial charge in [0.05, 0.1) is 10.5 Å². The fourth-order valence-corrected chi connectivity index (χ4v) is 4.82. The number of nitrogens with zero attached hydrogens (tertiary/aromatic N) is 4. The molecule has 2 aromatic heterocycles. The fraction of sp³-hybridized carbons (Fsp3) is 0.250. The van der Waals surface area contributed by atoms with Gasteiger partial charge in [0.1, 0.15) is 12.1 Å². The molecule has 1 fully saturated rings. The van der Waals surface area contributed by atoms with Gasteiger partial charge in [0.25, 0.3) is 5.91 Å². The average Bonchev–Trinajstić information content (AvgIpc) is 3.30. The van der Waals surface area contributed by atoms with Crippen LogP contribution < -0.4 is 5.32 Å². The van der Waals surface area contributed by atoms with Gasteiger partial charge in [-0.25, -0.2) is 18.4 Å². The zero-order valence-electron chi connectivity index (χ0n) is 15.7. The maximum Gasteiger partial charge on any atom is 0.257 e. The molecule has 150 valence electrons. The molecule has 1 aliphatic rings. The van der Waals surface area contributed by atoms with Crippen molar-refractivity contribution in [2.24, 2.45) is 0 Å². The maximum absolute atomic E-state index is 12.8. The van der Waals surface area contributed by atoms with E-state index in [1.807, 2.05) is 0 Å². The molecule has 1 aliphatic heterocycles. The molecule has 3 aromatic rings. The number of hydrogen-bond acceptors (Lipinski definition) is 5. The van der Waals surface area contributed by atoms with Crippen LogP contribution in [0.15, 0.2) is 66.2 Å². The van der Waals surface area contributed by atoms with E-state index in [0.29, 0.717) is 30.2 Å². The van der Waals surface area contributed by atoms with Crippen molar-refractivity contribution < 1.29 is 13.2 Å². The third kappa shape index (κ3) is 4.20. The van der Waals surface area contributed by atoms with E-state index in [9.17, 15) is 13.2 Å². The number of imidazole rings is 1. The lowest BCUT2D eigenvalue weighted by Gasteiger charge is -2.26. The standard InChI is InChI=1S/C20H21N5O3S/c26-20(16-7-8-19(22-14-16)24-12-9-21-15-24)23-17-5-4-6-18(13-17)29(27,28)25-10-2-1-3-11-25/h4-9,12-15H,1-3,10-11H2,(H,23,26). The van der Waals surface area contributed by atoms with E-state index in [-0.39, 0.29) is 10.8 Å². The quantitative estimate of drug-likeness (QED) is 0.696. The number of anilines is 1. The smallest absolute Gasteiger partial charge is 0.257 e. The molecule has 4 rings (SSSR count). The summed E-state index contributed by atoms with van der Waals surface area (Å²) in [6.45, 7) is 1.07. The van der Waals surface area contributed by atoms with Crippen molar-refractivity contribution in [3.8, 4) is 5.82 Å². The molecule has 29 heavy (non-hydrogen) atoms. The molecule has 8 nitrogen and oxygen atoms in total. The highest BCUT2D eigenvalue weighted by molar-refractivity contribution is 7.89. The van der Waals surface area contributed by atoms with Crippen molar-refractivity contribution in [1.82, 2.24) is 18.8 Å². The van der Waals surface area contributed by atoms with Crippen LogP contribution in [0.25, 0.3) is 5.82 Å². The number of sulfonamides is 1. The van der Waals surface area contributed by atoms with Crippen molar-refractivity contribution in [2.45, 2.75) is 24.2 Å². The molecule has 0 saturated carbocycles. The summed E-state index contributed by atoms with van der Waals surface area (Å²) in [6.07, 6.45) is 9.30. The van der Waals surface area contributed by atoms with Crippen LogP contribution in [-0.4, -0.2) is 46.3 Å². The van der Waals surface area contributed by atoms with E-state index in [1.54, 1.807) is 53.6 Å². The summed E-state index contributed by atoms with van der Waals surface area (Å²) in [5, 5.41) is 2.75. The van der Waals surface area contributed by atoms with Crippen LogP contribution in [0, 0.1) is 0 Å². The topological polar surface area (TPSA) is 97.2 Å². The first-order valence-corrected chi connectivity index (χ1v) is 10.8. The number of carbonyl (C=O) groups excluding carboxylic acids is 1. The molecule has 0 spiro atoms. The van der Waals surface area contributed by atoms with Crippen molar-refractivity contribution in [1.29, 1.82) is 0 Å². The summed E-state index contributed by atoms with van der Waals surface area (Å²) >= 11 is 0. The summed E-state index contributed by atoms with van der Waals surface area (Å²) < 4.78 is 28.9. The van der Waals surface area contributed by atoms with Crippen LogP contribution in [0.5, 0.6) is 0 Å². The maximum atomic E-state index is 12.8. The number of piperidine rings is 1. The minimum atomic E-state index is -3.55. The molecule has 0 unspecified atom stereocenters. The number of carbonyl (C=O) groups is 1. The number of pyridine rings is 1. The summed E-state index contributed by atoms with van der Waals surface area (Å²) in [5.41, 5.74) is 0.796. The second-order valence-corrected chi connectivity index (χ2v) is 8.76. The van der Waals surface area contributed by atoms with Crippen LogP contribution >= 0.6 is 0 Å². The number of hydrogen-bond donors (Lipinski definition) is 1. The molecule has 1 saturated heterocycles. The lowest BCUT2D eigenvalue weighted by Crippen LogP contribution is -2.35. The minimum absolute atomic E-state index is 0.186. The highest BCUT2D eigenvalue weighted by Crippen LogP contribution is 2.23. The molecular formula is C20H21N5O3S. The van der Waals surface area contributed by atoms with Crippen molar-refractivity contribution in [3.63, 3.8) is 0 Å². The Bertz CT molecular complexity index is 1090. The molecule has 0 radical (unpaired) electrons. The van der Waals surface area contributed by atoms with Crippen LogP contribution in [0.4, 0.5) is 5.69 Å². The Balaban J connectivity index is 1.49. The van der Waals surface area contributed by atoms with Gasteiger partial charge in [0.15, 0.2) is 0 Å². The van der Waals surface area contributed by atoms with Crippen LogP contribution in [-0.2, 0) is 10.0 Å². The predicted octanol–water partition coefficient (Wildman–Crippen LogP) is 2.69. The highest BCUT2D eigenvalue weighted by atomic mass is 32.2.